The van der Waals surface area contributed by atoms with Gasteiger partial charge in [-0.2, -0.15) is 0 Å². The van der Waals surface area contributed by atoms with Crippen molar-refractivity contribution < 1.29 is 38.3 Å². The van der Waals surface area contributed by atoms with E-state index in [1.165, 1.54) is 51.4 Å². The Balaban J connectivity index is 0. The van der Waals surface area contributed by atoms with Gasteiger partial charge < -0.3 is 4.55 Å². The molecule has 0 aromatic carbocycles. The summed E-state index contributed by atoms with van der Waals surface area (Å²) < 4.78 is 20.5. The van der Waals surface area contributed by atoms with E-state index in [1.807, 2.05) is 0 Å². The Morgan fingerprint density at radius 2 is 1.19 bits per heavy atom. The van der Waals surface area contributed by atoms with Crippen LogP contribution in [0.25, 0.3) is 0 Å². The van der Waals surface area contributed by atoms with Gasteiger partial charge in [-0.05, 0) is 6.42 Å². The van der Waals surface area contributed by atoms with Crippen molar-refractivity contribution in [2.75, 3.05) is 5.75 Å². The van der Waals surface area contributed by atoms with E-state index in [4.69, 9.17) is 0 Å². The summed E-state index contributed by atoms with van der Waals surface area (Å²) in [5.41, 5.74) is 0. The number of unbranched alkanes of at least 4 members (excludes halogenated alkanes) is 9. The maximum absolute atomic E-state index is 10.2. The minimum Gasteiger partial charge on any atom is -0.772 e. The van der Waals surface area contributed by atoms with Crippen LogP contribution in [0.5, 0.6) is 0 Å². The fourth-order valence-electron chi connectivity index (χ4n) is 1.71. The van der Waals surface area contributed by atoms with E-state index >= 15 is 0 Å². The average molecular weight is 256 g/mol. The van der Waals surface area contributed by atoms with Crippen LogP contribution < -0.4 is 29.6 Å². The molecule has 0 bridgehead atoms. The van der Waals surface area contributed by atoms with Crippen LogP contribution >= 0.6 is 0 Å². The Morgan fingerprint density at radius 3 is 1.56 bits per heavy atom. The van der Waals surface area contributed by atoms with E-state index < -0.39 is 11.1 Å². The molecule has 0 saturated heterocycles. The van der Waals surface area contributed by atoms with Gasteiger partial charge in [0, 0.05) is 5.75 Å². The number of hydrogen-bond acceptors (Lipinski definition) is 2. The van der Waals surface area contributed by atoms with Crippen LogP contribution in [-0.2, 0) is 11.1 Å². The van der Waals surface area contributed by atoms with Crippen molar-refractivity contribution in [1.29, 1.82) is 0 Å². The summed E-state index contributed by atoms with van der Waals surface area (Å²) in [6.07, 6.45) is 12.5. The van der Waals surface area contributed by atoms with Crippen molar-refractivity contribution >= 4 is 11.1 Å². The second-order valence-electron chi connectivity index (χ2n) is 4.19. The van der Waals surface area contributed by atoms with Crippen LogP contribution in [0.2, 0.25) is 0 Å². The molecule has 0 radical (unpaired) electrons. The quantitative estimate of drug-likeness (QED) is 0.311. The summed E-state index contributed by atoms with van der Waals surface area (Å²) >= 11 is -1.83. The van der Waals surface area contributed by atoms with Crippen molar-refractivity contribution in [2.24, 2.45) is 0 Å². The van der Waals surface area contributed by atoms with Crippen molar-refractivity contribution in [1.82, 2.24) is 0 Å². The molecule has 0 fully saturated rings. The van der Waals surface area contributed by atoms with Gasteiger partial charge in [0.05, 0.1) is 0 Å². The van der Waals surface area contributed by atoms with Crippen molar-refractivity contribution in [3.05, 3.63) is 0 Å². The Kier molecular flexibility index (Phi) is 19.6. The molecule has 0 rings (SSSR count). The zero-order valence-electron chi connectivity index (χ0n) is 11.0. The first kappa shape index (κ1) is 19.4. The van der Waals surface area contributed by atoms with E-state index in [0.717, 1.165) is 12.8 Å². The molecule has 0 aliphatic heterocycles. The molecule has 16 heavy (non-hydrogen) atoms. The maximum atomic E-state index is 10.2. The smallest absolute Gasteiger partial charge is 0.772 e. The van der Waals surface area contributed by atoms with Gasteiger partial charge in [0.1, 0.15) is 0 Å². The SMILES string of the molecule is CCCCCCCCCCCCS(=O)[O-].[Na+]. The largest absolute Gasteiger partial charge is 1.00 e. The molecule has 0 amide bonds. The molecule has 0 saturated carbocycles. The molecule has 2 nitrogen and oxygen atoms in total. The van der Waals surface area contributed by atoms with E-state index in [1.54, 1.807) is 0 Å². The third-order valence-corrected chi connectivity index (χ3v) is 3.29. The molecule has 0 N–H and O–H groups in total. The predicted molar refractivity (Wildman–Crippen MR) is 65.6 cm³/mol. The summed E-state index contributed by atoms with van der Waals surface area (Å²) in [7, 11) is 0. The first-order chi connectivity index (χ1) is 7.27. The number of hydrogen-bond donors (Lipinski definition) is 0. The second-order valence-corrected chi connectivity index (χ2v) is 5.21. The molecule has 1 atom stereocenters. The van der Waals surface area contributed by atoms with Crippen LogP contribution in [0.15, 0.2) is 0 Å². The number of rotatable bonds is 11. The minimum atomic E-state index is -1.83. The van der Waals surface area contributed by atoms with Crippen LogP contribution in [0, 0.1) is 0 Å². The van der Waals surface area contributed by atoms with E-state index in [9.17, 15) is 8.76 Å². The Hall–Kier alpha value is 1.11. The molecule has 0 spiro atoms. The van der Waals surface area contributed by atoms with Gasteiger partial charge in [0.2, 0.25) is 0 Å². The van der Waals surface area contributed by atoms with Gasteiger partial charge in [0.15, 0.2) is 0 Å². The van der Waals surface area contributed by atoms with E-state index in [0.29, 0.717) is 5.75 Å². The molecule has 0 heterocycles. The molecule has 0 aromatic rings. The molecule has 92 valence electrons. The summed E-state index contributed by atoms with van der Waals surface area (Å²) in [4.78, 5) is 0. The van der Waals surface area contributed by atoms with Gasteiger partial charge in [0.25, 0.3) is 0 Å². The van der Waals surface area contributed by atoms with Crippen LogP contribution in [0.1, 0.15) is 71.1 Å². The standard InChI is InChI=1S/C12H26O2S.Na/c1-2-3-4-5-6-7-8-9-10-11-12-15(13)14;/h2-12H2,1H3,(H,13,14);/q;+1/p-1. The molecule has 1 unspecified atom stereocenters. The fraction of sp³-hybridized carbons (Fsp3) is 1.00. The molecular formula is C12H25NaO2S. The molecule has 0 aliphatic carbocycles. The van der Waals surface area contributed by atoms with E-state index in [2.05, 4.69) is 6.92 Å². The normalized spacial score (nSPS) is 12.1. The van der Waals surface area contributed by atoms with Crippen LogP contribution in [0.3, 0.4) is 0 Å². The summed E-state index contributed by atoms with van der Waals surface area (Å²) in [5, 5.41) is 0. The molecule has 0 aliphatic rings. The molecular weight excluding hydrogens is 231 g/mol. The fourth-order valence-corrected chi connectivity index (χ4v) is 2.15. The Morgan fingerprint density at radius 1 is 0.812 bits per heavy atom. The topological polar surface area (TPSA) is 40.1 Å². The molecule has 0 aromatic heterocycles. The van der Waals surface area contributed by atoms with Crippen molar-refractivity contribution in [3.8, 4) is 0 Å². The van der Waals surface area contributed by atoms with Crippen LogP contribution in [-0.4, -0.2) is 14.5 Å². The van der Waals surface area contributed by atoms with Gasteiger partial charge in [-0.3, -0.25) is 4.21 Å². The zero-order chi connectivity index (χ0) is 11.4. The second kappa shape index (κ2) is 16.1. The third-order valence-electron chi connectivity index (χ3n) is 2.66. The van der Waals surface area contributed by atoms with Gasteiger partial charge >= 0.3 is 29.6 Å². The Labute approximate surface area is 126 Å². The van der Waals surface area contributed by atoms with Gasteiger partial charge in [-0.15, -0.1) is 0 Å². The first-order valence-electron chi connectivity index (χ1n) is 6.33. The van der Waals surface area contributed by atoms with Gasteiger partial charge in [-0.25, -0.2) is 0 Å². The minimum absolute atomic E-state index is 0. The van der Waals surface area contributed by atoms with Crippen LogP contribution in [0.4, 0.5) is 0 Å². The first-order valence-corrected chi connectivity index (χ1v) is 7.57. The van der Waals surface area contributed by atoms with E-state index in [-0.39, 0.29) is 29.6 Å². The molecule has 4 heteroatoms. The maximum Gasteiger partial charge on any atom is 1.00 e. The monoisotopic (exact) mass is 256 g/mol. The third kappa shape index (κ3) is 17.5. The Bertz CT molecular complexity index is 154. The van der Waals surface area contributed by atoms with Crippen molar-refractivity contribution in [2.45, 2.75) is 71.1 Å². The van der Waals surface area contributed by atoms with Gasteiger partial charge in [-0.1, -0.05) is 75.8 Å². The average Bonchev–Trinajstić information content (AvgIpc) is 2.20. The summed E-state index contributed by atoms with van der Waals surface area (Å²) in [6, 6.07) is 0. The summed E-state index contributed by atoms with van der Waals surface area (Å²) in [6.45, 7) is 2.24. The summed E-state index contributed by atoms with van der Waals surface area (Å²) in [5.74, 6) is 0.344. The predicted octanol–water partition coefficient (Wildman–Crippen LogP) is 0.790. The van der Waals surface area contributed by atoms with Crippen molar-refractivity contribution in [3.63, 3.8) is 0 Å². The zero-order valence-corrected chi connectivity index (χ0v) is 13.8.